The van der Waals surface area contributed by atoms with Crippen LogP contribution in [0.5, 0.6) is 0 Å². The Morgan fingerprint density at radius 3 is 2.78 bits per heavy atom. The fraction of sp³-hybridized carbons (Fsp3) is 0.500. The first-order valence-electron chi connectivity index (χ1n) is 6.23. The number of amides is 1. The summed E-state index contributed by atoms with van der Waals surface area (Å²) in [5.41, 5.74) is 7.05. The van der Waals surface area contributed by atoms with Gasteiger partial charge in [0.2, 0.25) is 5.91 Å². The molecular weight excluding hydrogens is 228 g/mol. The molecule has 1 fully saturated rings. The van der Waals surface area contributed by atoms with Gasteiger partial charge in [-0.05, 0) is 31.7 Å². The Balaban J connectivity index is 2.11. The molecule has 4 nitrogen and oxygen atoms in total. The highest BCUT2D eigenvalue weighted by Gasteiger charge is 2.44. The Bertz CT molecular complexity index is 439. The van der Waals surface area contributed by atoms with Gasteiger partial charge in [0.1, 0.15) is 0 Å². The van der Waals surface area contributed by atoms with Crippen molar-refractivity contribution in [3.63, 3.8) is 0 Å². The predicted octanol–water partition coefficient (Wildman–Crippen LogP) is 1.90. The van der Waals surface area contributed by atoms with Crippen LogP contribution in [0.3, 0.4) is 0 Å². The third-order valence-electron chi connectivity index (χ3n) is 3.48. The minimum Gasteiger partial charge on any atom is -0.380 e. The zero-order valence-corrected chi connectivity index (χ0v) is 10.9. The van der Waals surface area contributed by atoms with Crippen molar-refractivity contribution in [2.45, 2.75) is 31.9 Å². The lowest BCUT2D eigenvalue weighted by molar-refractivity contribution is -0.121. The van der Waals surface area contributed by atoms with Gasteiger partial charge in [0.15, 0.2) is 0 Å². The van der Waals surface area contributed by atoms with E-state index in [0.717, 1.165) is 24.1 Å². The van der Waals surface area contributed by atoms with E-state index in [2.05, 4.69) is 5.32 Å². The number of hydrogen-bond donors (Lipinski definition) is 2. The molecule has 0 aromatic heterocycles. The maximum absolute atomic E-state index is 12.2. The molecule has 3 N–H and O–H groups in total. The molecule has 1 aliphatic rings. The summed E-state index contributed by atoms with van der Waals surface area (Å²) in [6.45, 7) is 2.28. The molecule has 1 amide bonds. The lowest BCUT2D eigenvalue weighted by atomic mass is 9.96. The van der Waals surface area contributed by atoms with Gasteiger partial charge in [-0.2, -0.15) is 0 Å². The van der Waals surface area contributed by atoms with E-state index in [-0.39, 0.29) is 5.91 Å². The molecule has 0 aliphatic heterocycles. The zero-order chi connectivity index (χ0) is 13.2. The van der Waals surface area contributed by atoms with E-state index >= 15 is 0 Å². The Morgan fingerprint density at radius 1 is 1.50 bits per heavy atom. The molecule has 0 saturated heterocycles. The second kappa shape index (κ2) is 5.08. The van der Waals surface area contributed by atoms with Crippen LogP contribution in [0.25, 0.3) is 0 Å². The Hall–Kier alpha value is -1.39. The number of hydrogen-bond acceptors (Lipinski definition) is 3. The number of benzene rings is 1. The Morgan fingerprint density at radius 2 is 2.17 bits per heavy atom. The molecule has 4 heteroatoms. The fourth-order valence-corrected chi connectivity index (χ4v) is 2.05. The van der Waals surface area contributed by atoms with E-state index in [9.17, 15) is 4.79 Å². The number of methoxy groups -OCH3 is 1. The fourth-order valence-electron chi connectivity index (χ4n) is 2.05. The quantitative estimate of drug-likeness (QED) is 0.836. The summed E-state index contributed by atoms with van der Waals surface area (Å²) in [7, 11) is 1.63. The number of anilines is 1. The topological polar surface area (TPSA) is 64.3 Å². The summed E-state index contributed by atoms with van der Waals surface area (Å²) in [6.07, 6.45) is 2.08. The summed E-state index contributed by atoms with van der Waals surface area (Å²) in [4.78, 5) is 12.2. The van der Waals surface area contributed by atoms with Crippen LogP contribution in [0.1, 0.15) is 25.3 Å². The van der Waals surface area contributed by atoms with Gasteiger partial charge in [0, 0.05) is 18.4 Å². The first-order valence-corrected chi connectivity index (χ1v) is 6.23. The smallest absolute Gasteiger partial charge is 0.244 e. The van der Waals surface area contributed by atoms with Gasteiger partial charge in [-0.15, -0.1) is 0 Å². The van der Waals surface area contributed by atoms with Crippen LogP contribution in [0.4, 0.5) is 5.69 Å². The summed E-state index contributed by atoms with van der Waals surface area (Å²) < 4.78 is 5.11. The molecular formula is C14H20N2O2. The van der Waals surface area contributed by atoms with E-state index in [0.29, 0.717) is 12.5 Å². The van der Waals surface area contributed by atoms with Crippen LogP contribution in [-0.2, 0) is 16.1 Å². The molecule has 1 saturated carbocycles. The number of rotatable bonds is 5. The van der Waals surface area contributed by atoms with Crippen LogP contribution >= 0.6 is 0 Å². The number of carbonyl (C=O) groups is 1. The highest BCUT2D eigenvalue weighted by Crippen LogP contribution is 2.38. The number of ether oxygens (including phenoxy) is 1. The van der Waals surface area contributed by atoms with E-state index in [4.69, 9.17) is 10.5 Å². The maximum atomic E-state index is 12.2. The van der Waals surface area contributed by atoms with Gasteiger partial charge in [-0.3, -0.25) is 4.79 Å². The largest absolute Gasteiger partial charge is 0.380 e. The molecule has 18 heavy (non-hydrogen) atoms. The van der Waals surface area contributed by atoms with Crippen LogP contribution in [0, 0.1) is 5.92 Å². The van der Waals surface area contributed by atoms with Crippen molar-refractivity contribution in [3.8, 4) is 0 Å². The van der Waals surface area contributed by atoms with E-state index in [1.165, 1.54) is 0 Å². The number of carbonyl (C=O) groups excluding carboxylic acids is 1. The predicted molar refractivity (Wildman–Crippen MR) is 71.1 cm³/mol. The lowest BCUT2D eigenvalue weighted by Gasteiger charge is -2.24. The van der Waals surface area contributed by atoms with Crippen molar-refractivity contribution in [1.29, 1.82) is 0 Å². The second-order valence-electron chi connectivity index (χ2n) is 5.10. The monoisotopic (exact) mass is 248 g/mol. The number of nitrogens with one attached hydrogen (secondary N) is 1. The summed E-state index contributed by atoms with van der Waals surface area (Å²) in [5.74, 6) is 0.195. The lowest BCUT2D eigenvalue weighted by Crippen LogP contribution is -2.50. The van der Waals surface area contributed by atoms with Crippen molar-refractivity contribution in [2.75, 3.05) is 12.4 Å². The highest BCUT2D eigenvalue weighted by molar-refractivity contribution is 5.98. The minimum absolute atomic E-state index is 0.117. The Kier molecular flexibility index (Phi) is 3.68. The standard InChI is InChI=1S/C14H20N2O2/c1-14(15,11-7-8-11)13(17)16-12-6-4-3-5-10(12)9-18-2/h3-6,11H,7-9,15H2,1-2H3,(H,16,17). The van der Waals surface area contributed by atoms with Gasteiger partial charge >= 0.3 is 0 Å². The summed E-state index contributed by atoms with van der Waals surface area (Å²) in [6, 6.07) is 7.62. The average molecular weight is 248 g/mol. The molecule has 0 spiro atoms. The molecule has 0 radical (unpaired) electrons. The van der Waals surface area contributed by atoms with Crippen molar-refractivity contribution in [2.24, 2.45) is 11.7 Å². The molecule has 1 unspecified atom stereocenters. The van der Waals surface area contributed by atoms with Crippen LogP contribution < -0.4 is 11.1 Å². The first-order chi connectivity index (χ1) is 8.55. The van der Waals surface area contributed by atoms with E-state index in [1.54, 1.807) is 14.0 Å². The third kappa shape index (κ3) is 2.71. The maximum Gasteiger partial charge on any atom is 0.244 e. The van der Waals surface area contributed by atoms with Crippen molar-refractivity contribution in [3.05, 3.63) is 29.8 Å². The molecule has 98 valence electrons. The summed E-state index contributed by atoms with van der Waals surface area (Å²) in [5, 5.41) is 2.91. The van der Waals surface area contributed by atoms with E-state index < -0.39 is 5.54 Å². The highest BCUT2D eigenvalue weighted by atomic mass is 16.5. The Labute approximate surface area is 108 Å². The first kappa shape index (κ1) is 13.1. The van der Waals surface area contributed by atoms with Gasteiger partial charge in [-0.1, -0.05) is 18.2 Å². The van der Waals surface area contributed by atoms with Crippen LogP contribution in [-0.4, -0.2) is 18.6 Å². The normalized spacial score (nSPS) is 18.2. The third-order valence-corrected chi connectivity index (χ3v) is 3.48. The SMILES string of the molecule is COCc1ccccc1NC(=O)C(C)(N)C1CC1. The van der Waals surface area contributed by atoms with Crippen LogP contribution in [0.15, 0.2) is 24.3 Å². The molecule has 2 rings (SSSR count). The van der Waals surface area contributed by atoms with Crippen molar-refractivity contribution in [1.82, 2.24) is 0 Å². The number of para-hydroxylation sites is 1. The molecule has 0 bridgehead atoms. The zero-order valence-electron chi connectivity index (χ0n) is 10.9. The van der Waals surface area contributed by atoms with Crippen molar-refractivity contribution >= 4 is 11.6 Å². The average Bonchev–Trinajstić information content (AvgIpc) is 3.16. The minimum atomic E-state index is -0.778. The second-order valence-corrected chi connectivity index (χ2v) is 5.10. The van der Waals surface area contributed by atoms with Crippen molar-refractivity contribution < 1.29 is 9.53 Å². The molecule has 1 aromatic rings. The molecule has 1 atom stereocenters. The molecule has 1 aliphatic carbocycles. The molecule has 1 aromatic carbocycles. The van der Waals surface area contributed by atoms with E-state index in [1.807, 2.05) is 24.3 Å². The van der Waals surface area contributed by atoms with Gasteiger partial charge in [-0.25, -0.2) is 0 Å². The van der Waals surface area contributed by atoms with Gasteiger partial charge in [0.25, 0.3) is 0 Å². The van der Waals surface area contributed by atoms with Gasteiger partial charge in [0.05, 0.1) is 12.1 Å². The number of nitrogens with two attached hydrogens (primary N) is 1. The van der Waals surface area contributed by atoms with Crippen LogP contribution in [0.2, 0.25) is 0 Å². The summed E-state index contributed by atoms with van der Waals surface area (Å²) >= 11 is 0. The molecule has 0 heterocycles. The van der Waals surface area contributed by atoms with Gasteiger partial charge < -0.3 is 15.8 Å².